The number of hydrogen-bond donors (Lipinski definition) is 1. The number of thiol groups is 1. The monoisotopic (exact) mass is 329 g/mol. The lowest BCUT2D eigenvalue weighted by atomic mass is 10.2. The van der Waals surface area contributed by atoms with Crippen molar-refractivity contribution in [1.82, 2.24) is 0 Å². The van der Waals surface area contributed by atoms with Crippen LogP contribution in [0.4, 0.5) is 5.69 Å². The van der Waals surface area contributed by atoms with Crippen LogP contribution >= 0.6 is 12.6 Å². The van der Waals surface area contributed by atoms with E-state index >= 15 is 0 Å². The van der Waals surface area contributed by atoms with Crippen molar-refractivity contribution in [2.24, 2.45) is 4.99 Å². The van der Waals surface area contributed by atoms with Gasteiger partial charge in [0.15, 0.2) is 6.61 Å². The Hall–Kier alpha value is -2.27. The van der Waals surface area contributed by atoms with Crippen LogP contribution in [0.15, 0.2) is 58.4 Å². The summed E-state index contributed by atoms with van der Waals surface area (Å²) in [4.78, 5) is 16.6. The molecule has 0 saturated heterocycles. The third-order valence-electron chi connectivity index (χ3n) is 2.84. The van der Waals surface area contributed by atoms with Gasteiger partial charge in [0.25, 0.3) is 0 Å². The normalized spacial score (nSPS) is 11.0. The second-order valence-electron chi connectivity index (χ2n) is 5.14. The summed E-state index contributed by atoms with van der Waals surface area (Å²) < 4.78 is 10.4. The zero-order valence-electron chi connectivity index (χ0n) is 13.1. The van der Waals surface area contributed by atoms with Gasteiger partial charge >= 0.3 is 5.97 Å². The van der Waals surface area contributed by atoms with E-state index in [4.69, 9.17) is 9.47 Å². The van der Waals surface area contributed by atoms with Crippen LogP contribution in [-0.2, 0) is 9.53 Å². The van der Waals surface area contributed by atoms with Crippen LogP contribution in [-0.4, -0.2) is 24.9 Å². The van der Waals surface area contributed by atoms with Crippen LogP contribution in [0, 0.1) is 0 Å². The summed E-state index contributed by atoms with van der Waals surface area (Å²) >= 11 is 4.35. The Bertz CT molecular complexity index is 681. The molecule has 0 bridgehead atoms. The Balaban J connectivity index is 1.92. The highest BCUT2D eigenvalue weighted by Gasteiger charge is 2.06. The van der Waals surface area contributed by atoms with Crippen molar-refractivity contribution >= 4 is 30.5 Å². The van der Waals surface area contributed by atoms with Crippen molar-refractivity contribution in [3.05, 3.63) is 54.1 Å². The Kier molecular flexibility index (Phi) is 6.23. The molecule has 5 heteroatoms. The molecule has 2 aromatic carbocycles. The van der Waals surface area contributed by atoms with Gasteiger partial charge in [-0.15, -0.1) is 12.6 Å². The minimum atomic E-state index is -0.379. The van der Waals surface area contributed by atoms with E-state index in [1.54, 1.807) is 32.2 Å². The summed E-state index contributed by atoms with van der Waals surface area (Å²) in [6.45, 7) is 3.50. The van der Waals surface area contributed by atoms with Crippen LogP contribution < -0.4 is 4.74 Å². The Labute approximate surface area is 141 Å². The van der Waals surface area contributed by atoms with Gasteiger partial charge in [-0.25, -0.2) is 4.79 Å². The van der Waals surface area contributed by atoms with Crippen LogP contribution in [0.2, 0.25) is 0 Å². The first-order valence-electron chi connectivity index (χ1n) is 7.29. The number of hydrogen-bond acceptors (Lipinski definition) is 5. The number of benzene rings is 2. The zero-order chi connectivity index (χ0) is 16.7. The minimum absolute atomic E-state index is 0.0986. The van der Waals surface area contributed by atoms with E-state index in [9.17, 15) is 4.79 Å². The molecule has 0 aliphatic carbocycles. The van der Waals surface area contributed by atoms with Gasteiger partial charge in [0.1, 0.15) is 5.75 Å². The quantitative estimate of drug-likeness (QED) is 0.494. The highest BCUT2D eigenvalue weighted by Crippen LogP contribution is 2.22. The van der Waals surface area contributed by atoms with Gasteiger partial charge in [-0.3, -0.25) is 4.99 Å². The van der Waals surface area contributed by atoms with E-state index < -0.39 is 0 Å². The van der Waals surface area contributed by atoms with Gasteiger partial charge < -0.3 is 9.47 Å². The number of carbonyl (C=O) groups excluding carboxylic acids is 1. The summed E-state index contributed by atoms with van der Waals surface area (Å²) in [7, 11) is 0. The van der Waals surface area contributed by atoms with Crippen LogP contribution in [0.25, 0.3) is 0 Å². The molecule has 0 fully saturated rings. The van der Waals surface area contributed by atoms with Crippen LogP contribution in [0.3, 0.4) is 0 Å². The number of esters is 1. The van der Waals surface area contributed by atoms with E-state index in [1.807, 2.05) is 36.4 Å². The summed E-state index contributed by atoms with van der Waals surface area (Å²) in [5, 5.41) is 0. The molecule has 0 heterocycles. The Morgan fingerprint density at radius 1 is 1.17 bits per heavy atom. The molecule has 0 aliphatic heterocycles. The van der Waals surface area contributed by atoms with Crippen molar-refractivity contribution in [3.63, 3.8) is 0 Å². The SMILES string of the molecule is CC(C)OC(=O)COc1ccc(C=Nc2ccccc2S)cc1. The van der Waals surface area contributed by atoms with Gasteiger partial charge in [-0.2, -0.15) is 0 Å². The molecule has 23 heavy (non-hydrogen) atoms. The van der Waals surface area contributed by atoms with E-state index in [0.29, 0.717) is 5.75 Å². The first-order chi connectivity index (χ1) is 11.0. The van der Waals surface area contributed by atoms with E-state index in [2.05, 4.69) is 17.6 Å². The summed E-state index contributed by atoms with van der Waals surface area (Å²) in [5.74, 6) is 0.230. The number of carbonyl (C=O) groups is 1. The maximum Gasteiger partial charge on any atom is 0.344 e. The summed E-state index contributed by atoms with van der Waals surface area (Å²) in [5.41, 5.74) is 1.74. The molecule has 0 N–H and O–H groups in total. The minimum Gasteiger partial charge on any atom is -0.482 e. The number of aliphatic imine (C=N–C) groups is 1. The van der Waals surface area contributed by atoms with Crippen molar-refractivity contribution in [1.29, 1.82) is 0 Å². The molecule has 2 aromatic rings. The Morgan fingerprint density at radius 3 is 2.52 bits per heavy atom. The predicted molar refractivity (Wildman–Crippen MR) is 94.1 cm³/mol. The lowest BCUT2D eigenvalue weighted by molar-refractivity contribution is -0.149. The fourth-order valence-corrected chi connectivity index (χ4v) is 2.03. The molecule has 0 unspecified atom stereocenters. The highest BCUT2D eigenvalue weighted by atomic mass is 32.1. The molecule has 0 atom stereocenters. The van der Waals surface area contributed by atoms with Crippen molar-refractivity contribution < 1.29 is 14.3 Å². The molecule has 0 saturated carbocycles. The summed E-state index contributed by atoms with van der Waals surface area (Å²) in [6.07, 6.45) is 1.62. The van der Waals surface area contributed by atoms with Gasteiger partial charge in [-0.05, 0) is 55.8 Å². The van der Waals surface area contributed by atoms with Gasteiger partial charge in [0.2, 0.25) is 0 Å². The first kappa shape index (κ1) is 17.1. The van der Waals surface area contributed by atoms with Gasteiger partial charge in [0, 0.05) is 11.1 Å². The smallest absolute Gasteiger partial charge is 0.344 e. The molecular formula is C18H19NO3S. The second kappa shape index (κ2) is 8.39. The lowest BCUT2D eigenvalue weighted by Gasteiger charge is -2.09. The maximum atomic E-state index is 11.4. The van der Waals surface area contributed by atoms with Crippen LogP contribution in [0.5, 0.6) is 5.75 Å². The van der Waals surface area contributed by atoms with Crippen molar-refractivity contribution in [2.75, 3.05) is 6.61 Å². The van der Waals surface area contributed by atoms with Gasteiger partial charge in [0.05, 0.1) is 11.8 Å². The molecule has 0 radical (unpaired) electrons. The van der Waals surface area contributed by atoms with E-state index in [1.165, 1.54) is 0 Å². The Morgan fingerprint density at radius 2 is 1.87 bits per heavy atom. The third-order valence-corrected chi connectivity index (χ3v) is 3.22. The molecule has 120 valence electrons. The van der Waals surface area contributed by atoms with Crippen LogP contribution in [0.1, 0.15) is 19.4 Å². The van der Waals surface area contributed by atoms with Crippen molar-refractivity contribution in [2.45, 2.75) is 24.8 Å². The lowest BCUT2D eigenvalue weighted by Crippen LogP contribution is -2.18. The van der Waals surface area contributed by atoms with Crippen molar-refractivity contribution in [3.8, 4) is 5.75 Å². The molecule has 0 aliphatic rings. The average Bonchev–Trinajstić information content (AvgIpc) is 2.52. The molecule has 0 amide bonds. The molecule has 2 rings (SSSR count). The number of ether oxygens (including phenoxy) is 2. The molecule has 4 nitrogen and oxygen atoms in total. The van der Waals surface area contributed by atoms with Gasteiger partial charge in [-0.1, -0.05) is 12.1 Å². The fraction of sp³-hybridized carbons (Fsp3) is 0.222. The van der Waals surface area contributed by atoms with E-state index in [0.717, 1.165) is 16.1 Å². The predicted octanol–water partition coefficient (Wildman–Crippen LogP) is 4.06. The molecule has 0 spiro atoms. The fourth-order valence-electron chi connectivity index (χ4n) is 1.81. The molecule has 0 aromatic heterocycles. The second-order valence-corrected chi connectivity index (χ2v) is 5.63. The maximum absolute atomic E-state index is 11.4. The average molecular weight is 329 g/mol. The number of rotatable bonds is 6. The zero-order valence-corrected chi connectivity index (χ0v) is 14.0. The topological polar surface area (TPSA) is 47.9 Å². The first-order valence-corrected chi connectivity index (χ1v) is 7.74. The molecular weight excluding hydrogens is 310 g/mol. The number of nitrogens with zero attached hydrogens (tertiary/aromatic N) is 1. The number of para-hydroxylation sites is 1. The highest BCUT2D eigenvalue weighted by molar-refractivity contribution is 7.80. The standard InChI is InChI=1S/C18H19NO3S/c1-13(2)22-18(20)12-21-15-9-7-14(8-10-15)11-19-16-5-3-4-6-17(16)23/h3-11,13,23H,12H2,1-2H3. The van der Waals surface area contributed by atoms with E-state index in [-0.39, 0.29) is 18.7 Å². The summed E-state index contributed by atoms with van der Waals surface area (Å²) in [6, 6.07) is 14.9. The largest absolute Gasteiger partial charge is 0.482 e. The third kappa shape index (κ3) is 5.79.